The van der Waals surface area contributed by atoms with Gasteiger partial charge in [-0.1, -0.05) is 11.2 Å². The fraction of sp³-hybridized carbons (Fsp3) is 0.615. The normalized spacial score (nSPS) is 13.1. The predicted molar refractivity (Wildman–Crippen MR) is 77.4 cm³/mol. The van der Waals surface area contributed by atoms with Gasteiger partial charge in [0, 0.05) is 19.7 Å². The van der Waals surface area contributed by atoms with E-state index in [0.29, 0.717) is 37.4 Å². The maximum absolute atomic E-state index is 5.40. The van der Waals surface area contributed by atoms with Gasteiger partial charge in [-0.3, -0.25) is 0 Å². The summed E-state index contributed by atoms with van der Waals surface area (Å²) in [5.74, 6) is 1.69. The first kappa shape index (κ1) is 16.2. The average Bonchev–Trinajstić information content (AvgIpc) is 2.91. The molecule has 0 aliphatic heterocycles. The van der Waals surface area contributed by atoms with Crippen molar-refractivity contribution in [1.82, 2.24) is 20.8 Å². The van der Waals surface area contributed by atoms with Crippen molar-refractivity contribution in [1.29, 1.82) is 0 Å². The molecule has 7 heteroatoms. The number of nitrogens with zero attached hydrogens (tertiary/aromatic N) is 3. The number of rotatable bonds is 8. The minimum absolute atomic E-state index is 0.173. The highest BCUT2D eigenvalue weighted by molar-refractivity contribution is 5.79. The van der Waals surface area contributed by atoms with Crippen molar-refractivity contribution >= 4 is 5.96 Å². The highest BCUT2D eigenvalue weighted by Crippen LogP contribution is 2.12. The van der Waals surface area contributed by atoms with Crippen molar-refractivity contribution in [3.05, 3.63) is 24.4 Å². The topological polar surface area (TPSA) is 84.6 Å². The Labute approximate surface area is 119 Å². The predicted octanol–water partition coefficient (Wildman–Crippen LogP) is 1.41. The summed E-state index contributed by atoms with van der Waals surface area (Å²) >= 11 is 0. The van der Waals surface area contributed by atoms with Crippen molar-refractivity contribution < 1.29 is 9.26 Å². The van der Waals surface area contributed by atoms with Crippen LogP contribution in [-0.2, 0) is 11.3 Å². The molecular formula is C13H23N5O2. The van der Waals surface area contributed by atoms with Crippen molar-refractivity contribution in [2.45, 2.75) is 33.4 Å². The molecule has 1 aromatic rings. The van der Waals surface area contributed by atoms with Gasteiger partial charge in [0.25, 0.3) is 0 Å². The van der Waals surface area contributed by atoms with Gasteiger partial charge in [-0.05, 0) is 20.8 Å². The third-order valence-corrected chi connectivity index (χ3v) is 2.39. The SMILES string of the molecule is C=CCNC(=NCc1nc(C(C)OCC)no1)NCC. The highest BCUT2D eigenvalue weighted by atomic mass is 16.5. The lowest BCUT2D eigenvalue weighted by molar-refractivity contribution is 0.0683. The molecule has 20 heavy (non-hydrogen) atoms. The molecule has 0 saturated carbocycles. The Morgan fingerprint density at radius 2 is 2.30 bits per heavy atom. The number of hydrogen-bond donors (Lipinski definition) is 2. The highest BCUT2D eigenvalue weighted by Gasteiger charge is 2.13. The first-order valence-corrected chi connectivity index (χ1v) is 6.78. The van der Waals surface area contributed by atoms with Crippen LogP contribution in [0.3, 0.4) is 0 Å². The Morgan fingerprint density at radius 1 is 1.50 bits per heavy atom. The second-order valence-electron chi connectivity index (χ2n) is 4.01. The van der Waals surface area contributed by atoms with Gasteiger partial charge in [0.2, 0.25) is 5.89 Å². The van der Waals surface area contributed by atoms with Gasteiger partial charge < -0.3 is 19.9 Å². The Balaban J connectivity index is 2.59. The van der Waals surface area contributed by atoms with Crippen LogP contribution in [0.1, 0.15) is 38.6 Å². The second-order valence-corrected chi connectivity index (χ2v) is 4.01. The van der Waals surface area contributed by atoms with Crippen molar-refractivity contribution in [2.75, 3.05) is 19.7 Å². The van der Waals surface area contributed by atoms with Crippen molar-refractivity contribution in [3.63, 3.8) is 0 Å². The molecule has 1 aromatic heterocycles. The van der Waals surface area contributed by atoms with E-state index in [1.165, 1.54) is 0 Å². The lowest BCUT2D eigenvalue weighted by atomic mass is 10.4. The summed E-state index contributed by atoms with van der Waals surface area (Å²) in [4.78, 5) is 8.61. The van der Waals surface area contributed by atoms with Crippen LogP contribution in [-0.4, -0.2) is 35.8 Å². The monoisotopic (exact) mass is 281 g/mol. The Morgan fingerprint density at radius 3 is 2.95 bits per heavy atom. The number of ether oxygens (including phenoxy) is 1. The molecule has 0 aliphatic carbocycles. The van der Waals surface area contributed by atoms with Gasteiger partial charge in [0.15, 0.2) is 11.8 Å². The first-order valence-electron chi connectivity index (χ1n) is 6.78. The lowest BCUT2D eigenvalue weighted by Crippen LogP contribution is -2.37. The Bertz CT molecular complexity index is 430. The number of nitrogens with one attached hydrogen (secondary N) is 2. The van der Waals surface area contributed by atoms with Gasteiger partial charge in [-0.2, -0.15) is 4.98 Å². The summed E-state index contributed by atoms with van der Waals surface area (Å²) in [5, 5.41) is 10.1. The van der Waals surface area contributed by atoms with E-state index >= 15 is 0 Å². The molecule has 2 N–H and O–H groups in total. The van der Waals surface area contributed by atoms with Crippen LogP contribution in [0.2, 0.25) is 0 Å². The molecule has 0 radical (unpaired) electrons. The van der Waals surface area contributed by atoms with E-state index in [2.05, 4.69) is 32.3 Å². The quantitative estimate of drug-likeness (QED) is 0.426. The van der Waals surface area contributed by atoms with E-state index in [1.54, 1.807) is 6.08 Å². The van der Waals surface area contributed by atoms with Crippen LogP contribution in [0, 0.1) is 0 Å². The van der Waals surface area contributed by atoms with E-state index in [1.807, 2.05) is 20.8 Å². The second kappa shape index (κ2) is 9.08. The molecule has 0 aromatic carbocycles. The number of guanidine groups is 1. The number of aromatic nitrogens is 2. The largest absolute Gasteiger partial charge is 0.371 e. The molecule has 0 fully saturated rings. The van der Waals surface area contributed by atoms with E-state index in [-0.39, 0.29) is 6.10 Å². The molecule has 0 bridgehead atoms. The molecule has 0 amide bonds. The molecule has 0 aliphatic rings. The van der Waals surface area contributed by atoms with E-state index in [0.717, 1.165) is 6.54 Å². The van der Waals surface area contributed by atoms with Crippen LogP contribution >= 0.6 is 0 Å². The van der Waals surface area contributed by atoms with Crippen LogP contribution in [0.5, 0.6) is 0 Å². The third-order valence-electron chi connectivity index (χ3n) is 2.39. The number of aliphatic imine (C=N–C) groups is 1. The van der Waals surface area contributed by atoms with Gasteiger partial charge in [0.05, 0.1) is 0 Å². The summed E-state index contributed by atoms with van der Waals surface area (Å²) in [5.41, 5.74) is 0. The van der Waals surface area contributed by atoms with Gasteiger partial charge in [-0.15, -0.1) is 6.58 Å². The molecule has 0 saturated heterocycles. The van der Waals surface area contributed by atoms with Crippen LogP contribution in [0.15, 0.2) is 22.2 Å². The zero-order chi connectivity index (χ0) is 14.8. The zero-order valence-electron chi connectivity index (χ0n) is 12.3. The molecule has 1 unspecified atom stereocenters. The summed E-state index contributed by atoms with van der Waals surface area (Å²) in [6.07, 6.45) is 1.59. The summed E-state index contributed by atoms with van der Waals surface area (Å²) < 4.78 is 10.5. The van der Waals surface area contributed by atoms with Crippen molar-refractivity contribution in [3.8, 4) is 0 Å². The van der Waals surface area contributed by atoms with Crippen molar-refractivity contribution in [2.24, 2.45) is 4.99 Å². The average molecular weight is 281 g/mol. The van der Waals surface area contributed by atoms with E-state index in [9.17, 15) is 0 Å². The van der Waals surface area contributed by atoms with Crippen LogP contribution in [0.4, 0.5) is 0 Å². The fourth-order valence-corrected chi connectivity index (χ4v) is 1.48. The molecule has 112 valence electrons. The lowest BCUT2D eigenvalue weighted by Gasteiger charge is -2.08. The molecule has 7 nitrogen and oxygen atoms in total. The summed E-state index contributed by atoms with van der Waals surface area (Å²) in [7, 11) is 0. The van der Waals surface area contributed by atoms with Gasteiger partial charge in [-0.25, -0.2) is 4.99 Å². The Kier molecular flexibility index (Phi) is 7.34. The minimum atomic E-state index is -0.173. The molecule has 0 spiro atoms. The first-order chi connectivity index (χ1) is 9.71. The smallest absolute Gasteiger partial charge is 0.248 e. The molecule has 1 atom stereocenters. The number of hydrogen-bond acceptors (Lipinski definition) is 5. The van der Waals surface area contributed by atoms with Crippen LogP contribution < -0.4 is 10.6 Å². The maximum Gasteiger partial charge on any atom is 0.248 e. The van der Waals surface area contributed by atoms with E-state index in [4.69, 9.17) is 9.26 Å². The maximum atomic E-state index is 5.40. The fourth-order valence-electron chi connectivity index (χ4n) is 1.48. The molecule has 1 rings (SSSR count). The van der Waals surface area contributed by atoms with Gasteiger partial charge in [0.1, 0.15) is 12.6 Å². The molecular weight excluding hydrogens is 258 g/mol. The molecule has 1 heterocycles. The van der Waals surface area contributed by atoms with E-state index < -0.39 is 0 Å². The summed E-state index contributed by atoms with van der Waals surface area (Å²) in [6.45, 7) is 11.8. The zero-order valence-corrected chi connectivity index (χ0v) is 12.3. The third kappa shape index (κ3) is 5.40. The Hall–Kier alpha value is -1.89. The summed E-state index contributed by atoms with van der Waals surface area (Å²) in [6, 6.07) is 0. The standard InChI is InChI=1S/C13H23N5O2/c1-5-8-15-13(14-6-2)16-9-11-17-12(18-20-11)10(4)19-7-3/h5,10H,1,6-9H2,2-4H3,(H2,14,15,16). The minimum Gasteiger partial charge on any atom is -0.371 e. The van der Waals surface area contributed by atoms with Gasteiger partial charge >= 0.3 is 0 Å². The van der Waals surface area contributed by atoms with Crippen LogP contribution in [0.25, 0.3) is 0 Å².